The molecule has 2 rings (SSSR count). The van der Waals surface area contributed by atoms with Crippen molar-refractivity contribution in [3.63, 3.8) is 0 Å². The lowest BCUT2D eigenvalue weighted by Crippen LogP contribution is -2.32. The van der Waals surface area contributed by atoms with Gasteiger partial charge in [-0.05, 0) is 17.7 Å². The lowest BCUT2D eigenvalue weighted by molar-refractivity contribution is -0.143. The van der Waals surface area contributed by atoms with Gasteiger partial charge >= 0.3 is 5.97 Å². The van der Waals surface area contributed by atoms with Crippen LogP contribution in [0.5, 0.6) is 0 Å². The fourth-order valence-electron chi connectivity index (χ4n) is 1.99. The fraction of sp³-hybridized carbons (Fsp3) is 0.176. The largest absolute Gasteiger partial charge is 0.469 e. The summed E-state index contributed by atoms with van der Waals surface area (Å²) in [5.74, 6) is -0.814. The van der Waals surface area contributed by atoms with E-state index < -0.39 is 5.97 Å². The smallest absolute Gasteiger partial charge is 0.315 e. The predicted molar refractivity (Wildman–Crippen MR) is 80.7 cm³/mol. The first kappa shape index (κ1) is 14.8. The Bertz CT molecular complexity index is 596. The van der Waals surface area contributed by atoms with Crippen molar-refractivity contribution in [2.45, 2.75) is 13.0 Å². The van der Waals surface area contributed by atoms with Crippen LogP contribution in [0.25, 0.3) is 0 Å². The number of rotatable bonds is 5. The van der Waals surface area contributed by atoms with Crippen molar-refractivity contribution in [3.8, 4) is 0 Å². The topological polar surface area (TPSA) is 46.6 Å². The molecular formula is C17H17NO3. The van der Waals surface area contributed by atoms with E-state index in [9.17, 15) is 9.59 Å². The zero-order valence-electron chi connectivity index (χ0n) is 11.9. The van der Waals surface area contributed by atoms with Gasteiger partial charge in [-0.3, -0.25) is 9.59 Å². The van der Waals surface area contributed by atoms with Crippen molar-refractivity contribution in [2.75, 3.05) is 12.0 Å². The van der Waals surface area contributed by atoms with Gasteiger partial charge in [0.15, 0.2) is 0 Å². The molecule has 0 aliphatic rings. The molecule has 1 amide bonds. The minimum Gasteiger partial charge on any atom is -0.469 e. The summed E-state index contributed by atoms with van der Waals surface area (Å²) >= 11 is 0. The van der Waals surface area contributed by atoms with Gasteiger partial charge in [-0.1, -0.05) is 48.5 Å². The lowest BCUT2D eigenvalue weighted by atomic mass is 10.2. The highest BCUT2D eigenvalue weighted by Crippen LogP contribution is 2.18. The van der Waals surface area contributed by atoms with Gasteiger partial charge in [-0.2, -0.15) is 0 Å². The summed E-state index contributed by atoms with van der Waals surface area (Å²) in [4.78, 5) is 25.3. The van der Waals surface area contributed by atoms with Crippen LogP contribution in [-0.2, 0) is 20.9 Å². The number of nitrogens with zero attached hydrogens (tertiary/aromatic N) is 1. The summed E-state index contributed by atoms with van der Waals surface area (Å²) in [5.41, 5.74) is 1.76. The molecule has 0 heterocycles. The van der Waals surface area contributed by atoms with E-state index in [0.717, 1.165) is 11.3 Å². The van der Waals surface area contributed by atoms with Crippen molar-refractivity contribution >= 4 is 17.6 Å². The van der Waals surface area contributed by atoms with Crippen LogP contribution in [0.15, 0.2) is 60.7 Å². The molecule has 0 aliphatic heterocycles. The van der Waals surface area contributed by atoms with E-state index in [4.69, 9.17) is 0 Å². The van der Waals surface area contributed by atoms with Crippen LogP contribution < -0.4 is 4.90 Å². The van der Waals surface area contributed by atoms with Crippen molar-refractivity contribution in [1.82, 2.24) is 0 Å². The first-order valence-corrected chi connectivity index (χ1v) is 6.67. The van der Waals surface area contributed by atoms with Gasteiger partial charge < -0.3 is 9.64 Å². The molecule has 4 nitrogen and oxygen atoms in total. The molecule has 0 spiro atoms. The van der Waals surface area contributed by atoms with Crippen LogP contribution in [0.3, 0.4) is 0 Å². The van der Waals surface area contributed by atoms with Gasteiger partial charge in [0.1, 0.15) is 6.42 Å². The Hall–Kier alpha value is -2.62. The number of amides is 1. The van der Waals surface area contributed by atoms with E-state index in [1.807, 2.05) is 60.7 Å². The Labute approximate surface area is 124 Å². The summed E-state index contributed by atoms with van der Waals surface area (Å²) < 4.78 is 4.57. The maximum Gasteiger partial charge on any atom is 0.315 e. The second-order valence-corrected chi connectivity index (χ2v) is 4.55. The monoisotopic (exact) mass is 283 g/mol. The SMILES string of the molecule is COC(=O)CC(=O)N(Cc1ccccc1)c1ccccc1. The molecule has 0 bridgehead atoms. The molecule has 0 aliphatic carbocycles. The van der Waals surface area contributed by atoms with Gasteiger partial charge in [0.05, 0.1) is 13.7 Å². The summed E-state index contributed by atoms with van der Waals surface area (Å²) in [7, 11) is 1.28. The molecule has 4 heteroatoms. The minimum absolute atomic E-state index is 0.266. The second-order valence-electron chi connectivity index (χ2n) is 4.55. The molecule has 21 heavy (non-hydrogen) atoms. The molecule has 2 aromatic carbocycles. The molecule has 0 saturated carbocycles. The molecule has 0 unspecified atom stereocenters. The van der Waals surface area contributed by atoms with Crippen LogP contribution in [0, 0.1) is 0 Å². The molecule has 0 radical (unpaired) electrons. The molecule has 2 aromatic rings. The number of hydrogen-bond acceptors (Lipinski definition) is 3. The van der Waals surface area contributed by atoms with E-state index in [2.05, 4.69) is 4.74 Å². The highest BCUT2D eigenvalue weighted by molar-refractivity contribution is 6.03. The maximum atomic E-state index is 12.3. The summed E-state index contributed by atoms with van der Waals surface area (Å²) in [6.07, 6.45) is -0.266. The number of carbonyl (C=O) groups is 2. The number of anilines is 1. The van der Waals surface area contributed by atoms with Gasteiger partial charge in [-0.15, -0.1) is 0 Å². The predicted octanol–water partition coefficient (Wildman–Crippen LogP) is 2.78. The van der Waals surface area contributed by atoms with Gasteiger partial charge in [0, 0.05) is 5.69 Å². The second kappa shape index (κ2) is 7.24. The van der Waals surface area contributed by atoms with Crippen molar-refractivity contribution < 1.29 is 14.3 Å². The van der Waals surface area contributed by atoms with Crippen LogP contribution in [0.4, 0.5) is 5.69 Å². The Kier molecular flexibility index (Phi) is 5.10. The van der Waals surface area contributed by atoms with E-state index in [1.165, 1.54) is 7.11 Å². The number of esters is 1. The number of carbonyl (C=O) groups excluding carboxylic acids is 2. The number of para-hydroxylation sites is 1. The third-order valence-electron chi connectivity index (χ3n) is 3.08. The van der Waals surface area contributed by atoms with E-state index in [0.29, 0.717) is 6.54 Å². The Morgan fingerprint density at radius 2 is 1.52 bits per heavy atom. The quantitative estimate of drug-likeness (QED) is 0.626. The Morgan fingerprint density at radius 3 is 2.10 bits per heavy atom. The highest BCUT2D eigenvalue weighted by atomic mass is 16.5. The molecule has 0 fully saturated rings. The molecule has 0 N–H and O–H groups in total. The summed E-state index contributed by atoms with van der Waals surface area (Å²) in [6.45, 7) is 0.417. The van der Waals surface area contributed by atoms with Gasteiger partial charge in [0.25, 0.3) is 0 Å². The van der Waals surface area contributed by atoms with Crippen molar-refractivity contribution in [2.24, 2.45) is 0 Å². The van der Waals surface area contributed by atoms with Crippen molar-refractivity contribution in [3.05, 3.63) is 66.2 Å². The summed E-state index contributed by atoms with van der Waals surface area (Å²) in [6, 6.07) is 18.9. The van der Waals surface area contributed by atoms with Crippen LogP contribution in [0.2, 0.25) is 0 Å². The number of benzene rings is 2. The number of ether oxygens (including phenoxy) is 1. The Balaban J connectivity index is 2.22. The van der Waals surface area contributed by atoms with E-state index in [-0.39, 0.29) is 12.3 Å². The summed E-state index contributed by atoms with van der Waals surface area (Å²) in [5, 5.41) is 0. The van der Waals surface area contributed by atoms with E-state index >= 15 is 0 Å². The lowest BCUT2D eigenvalue weighted by Gasteiger charge is -2.22. The number of hydrogen-bond donors (Lipinski definition) is 0. The van der Waals surface area contributed by atoms with Crippen LogP contribution >= 0.6 is 0 Å². The minimum atomic E-state index is -0.533. The third-order valence-corrected chi connectivity index (χ3v) is 3.08. The molecule has 0 saturated heterocycles. The average molecular weight is 283 g/mol. The fourth-order valence-corrected chi connectivity index (χ4v) is 1.99. The molecule has 0 atom stereocenters. The average Bonchev–Trinajstić information content (AvgIpc) is 2.54. The zero-order valence-corrected chi connectivity index (χ0v) is 11.9. The first-order valence-electron chi connectivity index (χ1n) is 6.67. The van der Waals surface area contributed by atoms with E-state index in [1.54, 1.807) is 4.90 Å². The zero-order chi connectivity index (χ0) is 15.1. The van der Waals surface area contributed by atoms with Crippen LogP contribution in [-0.4, -0.2) is 19.0 Å². The third kappa shape index (κ3) is 4.18. The van der Waals surface area contributed by atoms with Gasteiger partial charge in [-0.25, -0.2) is 0 Å². The Morgan fingerprint density at radius 1 is 0.952 bits per heavy atom. The van der Waals surface area contributed by atoms with Crippen LogP contribution in [0.1, 0.15) is 12.0 Å². The highest BCUT2D eigenvalue weighted by Gasteiger charge is 2.19. The van der Waals surface area contributed by atoms with Gasteiger partial charge in [0.2, 0.25) is 5.91 Å². The normalized spacial score (nSPS) is 9.95. The maximum absolute atomic E-state index is 12.3. The molecular weight excluding hydrogens is 266 g/mol. The first-order chi connectivity index (χ1) is 10.2. The molecule has 108 valence electrons. The molecule has 0 aromatic heterocycles. The number of methoxy groups -OCH3 is 1. The standard InChI is InChI=1S/C17H17NO3/c1-21-17(20)12-16(19)18(15-10-6-3-7-11-15)13-14-8-4-2-5-9-14/h2-11H,12-13H2,1H3. The van der Waals surface area contributed by atoms with Crippen molar-refractivity contribution in [1.29, 1.82) is 0 Å².